The molecule has 0 saturated carbocycles. The summed E-state index contributed by atoms with van der Waals surface area (Å²) in [6.07, 6.45) is 2.59. The highest BCUT2D eigenvalue weighted by Gasteiger charge is 2.26. The van der Waals surface area contributed by atoms with Crippen molar-refractivity contribution in [3.63, 3.8) is 0 Å². The maximum Gasteiger partial charge on any atom is 0.330 e. The van der Waals surface area contributed by atoms with E-state index in [4.69, 9.17) is 0 Å². The molecule has 4 rings (SSSR count). The van der Waals surface area contributed by atoms with Crippen LogP contribution in [0.15, 0.2) is 27.2 Å². The first-order valence-electron chi connectivity index (χ1n) is 11.4. The molecule has 4 heterocycles. The van der Waals surface area contributed by atoms with Gasteiger partial charge < -0.3 is 9.80 Å². The quantitative estimate of drug-likeness (QED) is 0.615. The third-order valence-electron chi connectivity index (χ3n) is 5.81. The molecule has 0 bridgehead atoms. The number of pyridine rings is 1. The van der Waals surface area contributed by atoms with Crippen LogP contribution < -0.4 is 16.1 Å². The van der Waals surface area contributed by atoms with Crippen molar-refractivity contribution < 1.29 is 4.79 Å². The molecule has 0 aliphatic carbocycles. The van der Waals surface area contributed by atoms with Gasteiger partial charge in [0, 0.05) is 50.0 Å². The lowest BCUT2D eigenvalue weighted by Gasteiger charge is -2.23. The molecule has 3 aromatic rings. The number of aromatic nitrogens is 4. The van der Waals surface area contributed by atoms with E-state index in [0.29, 0.717) is 37.4 Å². The normalized spacial score (nSPS) is 15.0. The van der Waals surface area contributed by atoms with Crippen LogP contribution in [0.3, 0.4) is 0 Å². The van der Waals surface area contributed by atoms with E-state index in [9.17, 15) is 14.4 Å². The third-order valence-corrected chi connectivity index (χ3v) is 6.64. The molecule has 0 spiro atoms. The molecule has 3 aromatic heterocycles. The van der Waals surface area contributed by atoms with Crippen molar-refractivity contribution in [1.82, 2.24) is 24.4 Å². The molecular weight excluding hydrogens is 440 g/mol. The van der Waals surface area contributed by atoms with Crippen molar-refractivity contribution in [1.29, 1.82) is 0 Å². The highest BCUT2D eigenvalue weighted by molar-refractivity contribution is 7.13. The number of carbonyl (C=O) groups excluding carboxylic acids is 1. The zero-order chi connectivity index (χ0) is 23.7. The van der Waals surface area contributed by atoms with Crippen LogP contribution in [0.2, 0.25) is 0 Å². The van der Waals surface area contributed by atoms with Crippen LogP contribution in [0.1, 0.15) is 56.1 Å². The molecule has 1 amide bonds. The maximum atomic E-state index is 13.7. The number of carbonyl (C=O) groups is 1. The van der Waals surface area contributed by atoms with Gasteiger partial charge in [0.25, 0.3) is 11.5 Å². The summed E-state index contributed by atoms with van der Waals surface area (Å²) in [6, 6.07) is 1.72. The number of amides is 1. The van der Waals surface area contributed by atoms with Crippen molar-refractivity contribution in [3.8, 4) is 0 Å². The van der Waals surface area contributed by atoms with Gasteiger partial charge in [-0.3, -0.25) is 19.1 Å². The highest BCUT2D eigenvalue weighted by Crippen LogP contribution is 2.23. The molecule has 1 aliphatic rings. The number of hydrogen-bond donors (Lipinski definition) is 1. The number of H-pyrrole nitrogens is 1. The van der Waals surface area contributed by atoms with E-state index >= 15 is 0 Å². The van der Waals surface area contributed by atoms with Gasteiger partial charge in [0.15, 0.2) is 10.8 Å². The van der Waals surface area contributed by atoms with E-state index in [0.717, 1.165) is 18.1 Å². The second-order valence-electron chi connectivity index (χ2n) is 9.16. The monoisotopic (exact) mass is 470 g/mol. The fraction of sp³-hybridized carbons (Fsp3) is 0.522. The predicted octanol–water partition coefficient (Wildman–Crippen LogP) is 2.67. The van der Waals surface area contributed by atoms with Crippen LogP contribution in [0.5, 0.6) is 0 Å². The lowest BCUT2D eigenvalue weighted by atomic mass is 10.0. The molecule has 1 saturated heterocycles. The Hall–Kier alpha value is -3.01. The number of fused-ring (bicyclic) bond motifs is 1. The summed E-state index contributed by atoms with van der Waals surface area (Å²) in [5, 5.41) is 3.09. The van der Waals surface area contributed by atoms with Crippen LogP contribution in [-0.4, -0.2) is 56.5 Å². The third kappa shape index (κ3) is 4.71. The van der Waals surface area contributed by atoms with Crippen molar-refractivity contribution in [2.45, 2.75) is 46.6 Å². The van der Waals surface area contributed by atoms with E-state index in [1.54, 1.807) is 28.5 Å². The SMILES string of the molecule is CC(C)Cn1c(=O)[nH]c(=O)c2c(C(=O)N3CCCN(c4nccs4)CC3)cc(C(C)C)nc21. The standard InChI is InChI=1S/C23H30N6O3S/c1-14(2)13-29-19-18(20(30)26-22(29)32)16(12-17(25-19)15(3)4)21(31)27-7-5-8-28(10-9-27)23-24-6-11-33-23/h6,11-12,14-15H,5,7-10,13H2,1-4H3,(H,26,30,32). The van der Waals surface area contributed by atoms with Crippen LogP contribution in [0, 0.1) is 5.92 Å². The van der Waals surface area contributed by atoms with Gasteiger partial charge in [-0.15, -0.1) is 11.3 Å². The van der Waals surface area contributed by atoms with E-state index < -0.39 is 11.2 Å². The van der Waals surface area contributed by atoms with E-state index in [1.807, 2.05) is 33.1 Å². The molecule has 10 heteroatoms. The summed E-state index contributed by atoms with van der Waals surface area (Å²) < 4.78 is 1.48. The zero-order valence-corrected chi connectivity index (χ0v) is 20.3. The number of nitrogens with zero attached hydrogens (tertiary/aromatic N) is 5. The van der Waals surface area contributed by atoms with Crippen molar-refractivity contribution in [3.05, 3.63) is 49.7 Å². The molecule has 9 nitrogen and oxygen atoms in total. The van der Waals surface area contributed by atoms with Gasteiger partial charge >= 0.3 is 5.69 Å². The van der Waals surface area contributed by atoms with E-state index in [1.165, 1.54) is 4.57 Å². The van der Waals surface area contributed by atoms with Gasteiger partial charge in [0.05, 0.1) is 10.9 Å². The first-order chi connectivity index (χ1) is 15.8. The van der Waals surface area contributed by atoms with Crippen LogP contribution in [0.25, 0.3) is 11.0 Å². The molecule has 0 aromatic carbocycles. The highest BCUT2D eigenvalue weighted by atomic mass is 32.1. The minimum atomic E-state index is -0.569. The fourth-order valence-corrected chi connectivity index (χ4v) is 4.84. The second kappa shape index (κ2) is 9.46. The van der Waals surface area contributed by atoms with Crippen LogP contribution in [0.4, 0.5) is 5.13 Å². The molecule has 0 unspecified atom stereocenters. The van der Waals surface area contributed by atoms with Crippen molar-refractivity contribution in [2.24, 2.45) is 5.92 Å². The fourth-order valence-electron chi connectivity index (χ4n) is 4.15. The number of rotatable bonds is 5. The first kappa shape index (κ1) is 23.2. The summed E-state index contributed by atoms with van der Waals surface area (Å²) in [5.41, 5.74) is 0.214. The largest absolute Gasteiger partial charge is 0.346 e. The van der Waals surface area contributed by atoms with Crippen molar-refractivity contribution >= 4 is 33.4 Å². The lowest BCUT2D eigenvalue weighted by molar-refractivity contribution is 0.0768. The van der Waals surface area contributed by atoms with Gasteiger partial charge in [-0.2, -0.15) is 0 Å². The Morgan fingerprint density at radius 3 is 2.61 bits per heavy atom. The summed E-state index contributed by atoms with van der Waals surface area (Å²) in [6.45, 7) is 11.0. The smallest absolute Gasteiger partial charge is 0.330 e. The van der Waals surface area contributed by atoms with Crippen LogP contribution >= 0.6 is 11.3 Å². The number of hydrogen-bond acceptors (Lipinski definition) is 7. The Kier molecular flexibility index (Phi) is 6.64. The lowest BCUT2D eigenvalue weighted by Crippen LogP contribution is -2.37. The maximum absolute atomic E-state index is 13.7. The Morgan fingerprint density at radius 2 is 1.94 bits per heavy atom. The van der Waals surface area contributed by atoms with Gasteiger partial charge in [-0.1, -0.05) is 27.7 Å². The molecule has 1 fully saturated rings. The average Bonchev–Trinajstić information content (AvgIpc) is 3.19. The summed E-state index contributed by atoms with van der Waals surface area (Å²) >= 11 is 1.59. The van der Waals surface area contributed by atoms with Crippen molar-refractivity contribution in [2.75, 3.05) is 31.1 Å². The zero-order valence-electron chi connectivity index (χ0n) is 19.5. The summed E-state index contributed by atoms with van der Waals surface area (Å²) in [5.74, 6) is 0.000753. The molecule has 0 radical (unpaired) electrons. The number of aromatic amines is 1. The summed E-state index contributed by atoms with van der Waals surface area (Å²) in [7, 11) is 0. The summed E-state index contributed by atoms with van der Waals surface area (Å²) in [4.78, 5) is 54.7. The molecule has 176 valence electrons. The minimum absolute atomic E-state index is 0.0346. The van der Waals surface area contributed by atoms with E-state index in [-0.39, 0.29) is 28.8 Å². The molecular formula is C23H30N6O3S. The molecule has 1 aliphatic heterocycles. The minimum Gasteiger partial charge on any atom is -0.346 e. The van der Waals surface area contributed by atoms with Gasteiger partial charge in [0.1, 0.15) is 0 Å². The van der Waals surface area contributed by atoms with E-state index in [2.05, 4.69) is 19.9 Å². The Morgan fingerprint density at radius 1 is 1.15 bits per heavy atom. The second-order valence-corrected chi connectivity index (χ2v) is 10.0. The Balaban J connectivity index is 1.78. The molecule has 33 heavy (non-hydrogen) atoms. The van der Waals surface area contributed by atoms with Gasteiger partial charge in [0.2, 0.25) is 0 Å². The van der Waals surface area contributed by atoms with Crippen LogP contribution in [-0.2, 0) is 6.54 Å². The van der Waals surface area contributed by atoms with Gasteiger partial charge in [-0.25, -0.2) is 14.8 Å². The topological polar surface area (TPSA) is 104 Å². The number of thiazole rings is 1. The number of anilines is 1. The predicted molar refractivity (Wildman–Crippen MR) is 130 cm³/mol. The Labute approximate surface area is 196 Å². The molecule has 0 atom stereocenters. The average molecular weight is 471 g/mol. The Bertz CT molecular complexity index is 1260. The van der Waals surface area contributed by atoms with Gasteiger partial charge in [-0.05, 0) is 24.3 Å². The number of nitrogens with one attached hydrogen (secondary N) is 1. The first-order valence-corrected chi connectivity index (χ1v) is 12.3. The molecule has 1 N–H and O–H groups in total.